The standard InChI is InChI=1S/C24H32N4O3/c1-25-15-21(29)27(3)23(19-11-7-5-8-12-19)24(20-13-9-6-10-14-20)28(4)22(30)16-26(2)18-31-17-25/h5-14,23-24H,15-18H2,1-4H3/t23-,24-/m0/s1. The van der Waals surface area contributed by atoms with Gasteiger partial charge in [0.2, 0.25) is 11.8 Å². The molecule has 0 spiro atoms. The number of hydrogen-bond donors (Lipinski definition) is 0. The lowest BCUT2D eigenvalue weighted by molar-refractivity contribution is -0.140. The van der Waals surface area contributed by atoms with Crippen LogP contribution in [0, 0.1) is 0 Å². The summed E-state index contributed by atoms with van der Waals surface area (Å²) in [6.45, 7) is 1.07. The summed E-state index contributed by atoms with van der Waals surface area (Å²) in [5.74, 6) is -0.0660. The minimum absolute atomic E-state index is 0.0330. The Balaban J connectivity index is 2.12. The summed E-state index contributed by atoms with van der Waals surface area (Å²) in [6.07, 6.45) is 0. The van der Waals surface area contributed by atoms with Gasteiger partial charge < -0.3 is 14.5 Å². The zero-order valence-electron chi connectivity index (χ0n) is 18.8. The van der Waals surface area contributed by atoms with Gasteiger partial charge in [0.05, 0.1) is 25.2 Å². The van der Waals surface area contributed by atoms with E-state index < -0.39 is 0 Å². The third-order valence-corrected chi connectivity index (χ3v) is 5.64. The molecule has 3 rings (SSSR count). The fourth-order valence-corrected chi connectivity index (χ4v) is 3.97. The first kappa shape index (κ1) is 22.9. The SMILES string of the molecule is CN1COCN(C)CC(=O)N(C)[C@@H](c2ccccc2)[C@H](c2ccccc2)N(C)C(=O)C1. The van der Waals surface area contributed by atoms with E-state index in [1.165, 1.54) is 0 Å². The molecule has 7 heteroatoms. The Labute approximate surface area is 184 Å². The van der Waals surface area contributed by atoms with Crippen molar-refractivity contribution in [1.82, 2.24) is 19.6 Å². The molecule has 0 aromatic heterocycles. The maximum absolute atomic E-state index is 13.3. The van der Waals surface area contributed by atoms with Gasteiger partial charge in [-0.2, -0.15) is 0 Å². The van der Waals surface area contributed by atoms with Gasteiger partial charge in [-0.3, -0.25) is 19.4 Å². The summed E-state index contributed by atoms with van der Waals surface area (Å²) in [7, 11) is 7.34. The van der Waals surface area contributed by atoms with E-state index in [1.54, 1.807) is 9.80 Å². The first-order valence-electron chi connectivity index (χ1n) is 10.4. The van der Waals surface area contributed by atoms with E-state index in [1.807, 2.05) is 98.7 Å². The summed E-state index contributed by atoms with van der Waals surface area (Å²) in [5, 5.41) is 0. The molecule has 0 aliphatic carbocycles. The lowest BCUT2D eigenvalue weighted by atomic mass is 9.90. The fraction of sp³-hybridized carbons (Fsp3) is 0.417. The highest BCUT2D eigenvalue weighted by atomic mass is 16.5. The lowest BCUT2D eigenvalue weighted by Gasteiger charge is -2.40. The molecule has 2 amide bonds. The van der Waals surface area contributed by atoms with Crippen LogP contribution >= 0.6 is 0 Å². The molecule has 2 atom stereocenters. The number of carbonyl (C=O) groups excluding carboxylic acids is 2. The minimum atomic E-state index is -0.342. The molecule has 0 N–H and O–H groups in total. The van der Waals surface area contributed by atoms with Gasteiger partial charge in [-0.15, -0.1) is 0 Å². The van der Waals surface area contributed by atoms with Gasteiger partial charge in [0, 0.05) is 14.1 Å². The average molecular weight is 425 g/mol. The summed E-state index contributed by atoms with van der Waals surface area (Å²) in [6, 6.07) is 19.1. The summed E-state index contributed by atoms with van der Waals surface area (Å²) < 4.78 is 5.67. The second-order valence-corrected chi connectivity index (χ2v) is 8.21. The summed E-state index contributed by atoms with van der Waals surface area (Å²) in [4.78, 5) is 33.7. The maximum Gasteiger partial charge on any atom is 0.237 e. The largest absolute Gasteiger partial charge is 0.351 e. The second-order valence-electron chi connectivity index (χ2n) is 8.21. The van der Waals surface area contributed by atoms with E-state index in [-0.39, 0.29) is 37.0 Å². The van der Waals surface area contributed by atoms with Gasteiger partial charge in [-0.05, 0) is 25.2 Å². The van der Waals surface area contributed by atoms with Crippen molar-refractivity contribution in [2.75, 3.05) is 54.7 Å². The van der Waals surface area contributed by atoms with Crippen LogP contribution in [0.4, 0.5) is 0 Å². The Morgan fingerprint density at radius 3 is 1.35 bits per heavy atom. The molecule has 166 valence electrons. The van der Waals surface area contributed by atoms with Crippen molar-refractivity contribution in [1.29, 1.82) is 0 Å². The van der Waals surface area contributed by atoms with E-state index in [2.05, 4.69) is 0 Å². The number of ether oxygens (including phenoxy) is 1. The molecule has 1 aliphatic rings. The predicted molar refractivity (Wildman–Crippen MR) is 120 cm³/mol. The molecule has 7 nitrogen and oxygen atoms in total. The van der Waals surface area contributed by atoms with Crippen LogP contribution in [0.1, 0.15) is 23.2 Å². The molecule has 1 saturated heterocycles. The van der Waals surface area contributed by atoms with Crippen molar-refractivity contribution in [2.45, 2.75) is 12.1 Å². The Morgan fingerprint density at radius 1 is 0.645 bits per heavy atom. The molecule has 0 unspecified atom stereocenters. The highest BCUT2D eigenvalue weighted by molar-refractivity contribution is 5.80. The summed E-state index contributed by atoms with van der Waals surface area (Å²) >= 11 is 0. The number of carbonyl (C=O) groups is 2. The van der Waals surface area contributed by atoms with Crippen molar-refractivity contribution < 1.29 is 14.3 Å². The van der Waals surface area contributed by atoms with Gasteiger partial charge in [0.25, 0.3) is 0 Å². The van der Waals surface area contributed by atoms with Crippen molar-refractivity contribution >= 4 is 11.8 Å². The molecule has 1 aliphatic heterocycles. The Morgan fingerprint density at radius 2 is 1.00 bits per heavy atom. The fourth-order valence-electron chi connectivity index (χ4n) is 3.97. The van der Waals surface area contributed by atoms with Crippen molar-refractivity contribution in [2.24, 2.45) is 0 Å². The highest BCUT2D eigenvalue weighted by Gasteiger charge is 2.36. The minimum Gasteiger partial charge on any atom is -0.351 e. The van der Waals surface area contributed by atoms with Crippen molar-refractivity contribution in [3.63, 3.8) is 0 Å². The number of nitrogens with zero attached hydrogens (tertiary/aromatic N) is 4. The van der Waals surface area contributed by atoms with Crippen LogP contribution in [0.5, 0.6) is 0 Å². The molecule has 0 bridgehead atoms. The van der Waals surface area contributed by atoms with Crippen LogP contribution in [0.25, 0.3) is 0 Å². The molecular weight excluding hydrogens is 392 g/mol. The molecule has 0 saturated carbocycles. The monoisotopic (exact) mass is 424 g/mol. The number of benzene rings is 2. The molecule has 1 heterocycles. The van der Waals surface area contributed by atoms with E-state index in [4.69, 9.17) is 4.74 Å². The Bertz CT molecular complexity index is 790. The molecular formula is C24H32N4O3. The summed E-state index contributed by atoms with van der Waals surface area (Å²) in [5.41, 5.74) is 1.96. The molecule has 2 aromatic carbocycles. The maximum atomic E-state index is 13.3. The first-order valence-corrected chi connectivity index (χ1v) is 10.4. The number of amides is 2. The van der Waals surface area contributed by atoms with Crippen LogP contribution in [0.2, 0.25) is 0 Å². The molecule has 31 heavy (non-hydrogen) atoms. The normalized spacial score (nSPS) is 23.2. The molecule has 1 fully saturated rings. The van der Waals surface area contributed by atoms with Crippen LogP contribution in [-0.2, 0) is 14.3 Å². The number of rotatable bonds is 2. The van der Waals surface area contributed by atoms with Crippen LogP contribution in [0.15, 0.2) is 60.7 Å². The molecule has 0 radical (unpaired) electrons. The average Bonchev–Trinajstić information content (AvgIpc) is 2.77. The van der Waals surface area contributed by atoms with E-state index in [0.717, 1.165) is 11.1 Å². The molecule has 2 aromatic rings. The van der Waals surface area contributed by atoms with Gasteiger partial charge >= 0.3 is 0 Å². The number of likely N-dealkylation sites (N-methyl/N-ethyl adjacent to an activating group) is 4. The number of hydrogen-bond acceptors (Lipinski definition) is 5. The zero-order chi connectivity index (χ0) is 22.4. The van der Waals surface area contributed by atoms with Gasteiger partial charge in [0.15, 0.2) is 0 Å². The van der Waals surface area contributed by atoms with Crippen molar-refractivity contribution in [3.05, 3.63) is 71.8 Å². The van der Waals surface area contributed by atoms with Gasteiger partial charge in [-0.25, -0.2) is 0 Å². The van der Waals surface area contributed by atoms with E-state index >= 15 is 0 Å². The van der Waals surface area contributed by atoms with Crippen molar-refractivity contribution in [3.8, 4) is 0 Å². The van der Waals surface area contributed by atoms with E-state index in [9.17, 15) is 9.59 Å². The lowest BCUT2D eigenvalue weighted by Crippen LogP contribution is -2.46. The third kappa shape index (κ3) is 5.70. The Kier molecular flexibility index (Phi) is 7.79. The van der Waals surface area contributed by atoms with E-state index in [0.29, 0.717) is 13.5 Å². The smallest absolute Gasteiger partial charge is 0.237 e. The first-order chi connectivity index (χ1) is 14.9. The zero-order valence-corrected chi connectivity index (χ0v) is 18.8. The van der Waals surface area contributed by atoms with Crippen LogP contribution < -0.4 is 0 Å². The topological polar surface area (TPSA) is 56.3 Å². The second kappa shape index (κ2) is 10.5. The van der Waals surface area contributed by atoms with Crippen LogP contribution in [-0.4, -0.2) is 86.2 Å². The quantitative estimate of drug-likeness (QED) is 0.740. The highest BCUT2D eigenvalue weighted by Crippen LogP contribution is 2.37. The predicted octanol–water partition coefficient (Wildman–Crippen LogP) is 2.19. The third-order valence-electron chi connectivity index (χ3n) is 5.64. The van der Waals surface area contributed by atoms with Crippen LogP contribution in [0.3, 0.4) is 0 Å². The van der Waals surface area contributed by atoms with Gasteiger partial charge in [0.1, 0.15) is 13.5 Å². The Hall–Kier alpha value is -2.74. The van der Waals surface area contributed by atoms with Gasteiger partial charge in [-0.1, -0.05) is 60.7 Å².